The Bertz CT molecular complexity index is 278. The molecule has 0 unspecified atom stereocenters. The zero-order chi connectivity index (χ0) is 11.8. The quantitative estimate of drug-likeness (QED) is 0.596. The maximum atomic E-state index is 11.3. The van der Waals surface area contributed by atoms with E-state index in [9.17, 15) is 4.79 Å². The maximum absolute atomic E-state index is 11.3. The van der Waals surface area contributed by atoms with Crippen molar-refractivity contribution in [2.45, 2.75) is 27.5 Å². The van der Waals surface area contributed by atoms with E-state index in [1.807, 2.05) is 44.2 Å². The molecule has 0 saturated carbocycles. The highest BCUT2D eigenvalue weighted by Gasteiger charge is 2.08. The summed E-state index contributed by atoms with van der Waals surface area (Å²) in [4.78, 5) is 11.3. The van der Waals surface area contributed by atoms with Crippen molar-refractivity contribution < 1.29 is 9.82 Å². The molecule has 0 fully saturated rings. The molecule has 0 atom stereocenters. The third-order valence-electron chi connectivity index (χ3n) is 1.58. The molecule has 0 aliphatic carbocycles. The summed E-state index contributed by atoms with van der Waals surface area (Å²) >= 11 is 0. The molecule has 1 N–H and O–H groups in total. The Morgan fingerprint density at radius 2 is 1.60 bits per heavy atom. The first kappa shape index (κ1) is 13.9. The van der Waals surface area contributed by atoms with Crippen molar-refractivity contribution in [1.82, 2.24) is 0 Å². The molecule has 0 aliphatic rings. The SMILES string of the molecule is CB(C)O.CC(C)C(=O)c1ccccc1. The molecular formula is C12H19BO2. The summed E-state index contributed by atoms with van der Waals surface area (Å²) in [7, 11) is 0. The average molecular weight is 206 g/mol. The minimum Gasteiger partial charge on any atom is -0.451 e. The first-order valence-electron chi connectivity index (χ1n) is 5.22. The van der Waals surface area contributed by atoms with E-state index in [0.29, 0.717) is 0 Å². The number of hydrogen-bond acceptors (Lipinski definition) is 2. The van der Waals surface area contributed by atoms with Crippen LogP contribution >= 0.6 is 0 Å². The zero-order valence-electron chi connectivity index (χ0n) is 9.90. The predicted molar refractivity (Wildman–Crippen MR) is 65.3 cm³/mol. The lowest BCUT2D eigenvalue weighted by Crippen LogP contribution is -2.06. The van der Waals surface area contributed by atoms with Crippen LogP contribution in [0.1, 0.15) is 24.2 Å². The van der Waals surface area contributed by atoms with Gasteiger partial charge in [-0.3, -0.25) is 4.79 Å². The first-order valence-corrected chi connectivity index (χ1v) is 5.22. The summed E-state index contributed by atoms with van der Waals surface area (Å²) < 4.78 is 0. The number of hydrogen-bond donors (Lipinski definition) is 1. The lowest BCUT2D eigenvalue weighted by Gasteiger charge is -2.01. The van der Waals surface area contributed by atoms with Gasteiger partial charge in [-0.2, -0.15) is 0 Å². The second-order valence-corrected chi connectivity index (χ2v) is 3.98. The molecule has 15 heavy (non-hydrogen) atoms. The Hall–Kier alpha value is -1.09. The molecule has 1 aromatic carbocycles. The van der Waals surface area contributed by atoms with Crippen molar-refractivity contribution in [3.8, 4) is 0 Å². The minimum atomic E-state index is -0.167. The molecule has 0 heterocycles. The largest absolute Gasteiger partial charge is 0.451 e. The highest BCUT2D eigenvalue weighted by Crippen LogP contribution is 2.06. The number of carbonyl (C=O) groups is 1. The lowest BCUT2D eigenvalue weighted by atomic mass is 9.76. The number of rotatable bonds is 2. The van der Waals surface area contributed by atoms with Crippen molar-refractivity contribution >= 4 is 12.7 Å². The van der Waals surface area contributed by atoms with Gasteiger partial charge in [0.05, 0.1) is 0 Å². The molecule has 0 amide bonds. The van der Waals surface area contributed by atoms with E-state index in [1.165, 1.54) is 0 Å². The molecule has 0 aromatic heterocycles. The molecule has 3 heteroatoms. The van der Waals surface area contributed by atoms with Gasteiger partial charge in [-0.05, 0) is 0 Å². The fourth-order valence-electron chi connectivity index (χ4n) is 0.936. The van der Waals surface area contributed by atoms with Gasteiger partial charge in [0.1, 0.15) is 0 Å². The van der Waals surface area contributed by atoms with Gasteiger partial charge in [0.2, 0.25) is 0 Å². The topological polar surface area (TPSA) is 37.3 Å². The Balaban J connectivity index is 0.000000423. The van der Waals surface area contributed by atoms with Crippen LogP contribution in [0.25, 0.3) is 0 Å². The summed E-state index contributed by atoms with van der Waals surface area (Å²) in [6.45, 7) is 7.10. The monoisotopic (exact) mass is 206 g/mol. The Morgan fingerprint density at radius 3 is 1.93 bits per heavy atom. The van der Waals surface area contributed by atoms with E-state index >= 15 is 0 Å². The van der Waals surface area contributed by atoms with Crippen LogP contribution in [0.15, 0.2) is 30.3 Å². The predicted octanol–water partition coefficient (Wildman–Crippen LogP) is 2.76. The third kappa shape index (κ3) is 6.92. The zero-order valence-corrected chi connectivity index (χ0v) is 9.90. The van der Waals surface area contributed by atoms with Crippen molar-refractivity contribution in [1.29, 1.82) is 0 Å². The molecular weight excluding hydrogens is 187 g/mol. The normalized spacial score (nSPS) is 9.20. The number of benzene rings is 1. The summed E-state index contributed by atoms with van der Waals surface area (Å²) in [5.74, 6) is 0.308. The van der Waals surface area contributed by atoms with Crippen LogP contribution in [0.3, 0.4) is 0 Å². The van der Waals surface area contributed by atoms with Crippen molar-refractivity contribution in [3.05, 3.63) is 35.9 Å². The van der Waals surface area contributed by atoms with E-state index in [0.717, 1.165) is 5.56 Å². The molecule has 0 spiro atoms. The highest BCUT2D eigenvalue weighted by atomic mass is 16.2. The smallest absolute Gasteiger partial charge is 0.282 e. The van der Waals surface area contributed by atoms with Gasteiger partial charge in [-0.15, -0.1) is 0 Å². The van der Waals surface area contributed by atoms with E-state index in [4.69, 9.17) is 5.02 Å². The molecule has 0 radical (unpaired) electrons. The van der Waals surface area contributed by atoms with E-state index in [-0.39, 0.29) is 18.6 Å². The molecule has 0 bridgehead atoms. The van der Waals surface area contributed by atoms with Gasteiger partial charge in [-0.25, -0.2) is 0 Å². The molecule has 1 rings (SSSR count). The molecule has 0 aliphatic heterocycles. The van der Waals surface area contributed by atoms with E-state index in [1.54, 1.807) is 13.6 Å². The van der Waals surface area contributed by atoms with Gasteiger partial charge in [0.15, 0.2) is 5.78 Å². The molecule has 0 saturated heterocycles. The van der Waals surface area contributed by atoms with Crippen molar-refractivity contribution in [2.75, 3.05) is 0 Å². The standard InChI is InChI=1S/C10H12O.C2H7BO/c1-8(2)10(11)9-6-4-3-5-7-9;1-3(2)4/h3-8H,1-2H3;4H,1-2H3. The summed E-state index contributed by atoms with van der Waals surface area (Å²) in [6.07, 6.45) is 0. The van der Waals surface area contributed by atoms with Crippen LogP contribution in [0.2, 0.25) is 13.6 Å². The second-order valence-electron chi connectivity index (χ2n) is 3.98. The minimum absolute atomic E-state index is 0.0948. The van der Waals surface area contributed by atoms with Crippen molar-refractivity contribution in [2.24, 2.45) is 5.92 Å². The van der Waals surface area contributed by atoms with Gasteiger partial charge >= 0.3 is 0 Å². The highest BCUT2D eigenvalue weighted by molar-refractivity contribution is 6.46. The van der Waals surface area contributed by atoms with Crippen LogP contribution in [0.5, 0.6) is 0 Å². The van der Waals surface area contributed by atoms with Gasteiger partial charge in [0, 0.05) is 11.5 Å². The molecule has 2 nitrogen and oxygen atoms in total. The van der Waals surface area contributed by atoms with Gasteiger partial charge in [0.25, 0.3) is 6.92 Å². The van der Waals surface area contributed by atoms with Crippen LogP contribution in [0, 0.1) is 5.92 Å². The number of ketones is 1. The molecule has 82 valence electrons. The Kier molecular flexibility index (Phi) is 6.72. The van der Waals surface area contributed by atoms with Crippen LogP contribution in [-0.2, 0) is 0 Å². The maximum Gasteiger partial charge on any atom is 0.282 e. The molecule has 1 aromatic rings. The van der Waals surface area contributed by atoms with Gasteiger partial charge in [-0.1, -0.05) is 57.8 Å². The Labute approximate surface area is 92.4 Å². The van der Waals surface area contributed by atoms with Crippen LogP contribution in [-0.4, -0.2) is 17.7 Å². The summed E-state index contributed by atoms with van der Waals surface area (Å²) in [5.41, 5.74) is 0.808. The fourth-order valence-corrected chi connectivity index (χ4v) is 0.936. The van der Waals surface area contributed by atoms with Crippen LogP contribution < -0.4 is 0 Å². The van der Waals surface area contributed by atoms with E-state index in [2.05, 4.69) is 0 Å². The summed E-state index contributed by atoms with van der Waals surface area (Å²) in [6, 6.07) is 9.38. The average Bonchev–Trinajstić information content (AvgIpc) is 2.17. The lowest BCUT2D eigenvalue weighted by molar-refractivity contribution is 0.0939. The number of carbonyl (C=O) groups excluding carboxylic acids is 1. The van der Waals surface area contributed by atoms with Gasteiger partial charge < -0.3 is 5.02 Å². The summed E-state index contributed by atoms with van der Waals surface area (Å²) in [5, 5.41) is 8.06. The number of Topliss-reactive ketones (excluding diaryl/α,β-unsaturated/α-hetero) is 1. The Morgan fingerprint density at radius 1 is 1.20 bits per heavy atom. The van der Waals surface area contributed by atoms with Crippen LogP contribution in [0.4, 0.5) is 0 Å². The second kappa shape index (κ2) is 7.24. The fraction of sp³-hybridized carbons (Fsp3) is 0.417. The van der Waals surface area contributed by atoms with E-state index < -0.39 is 0 Å². The van der Waals surface area contributed by atoms with Crippen molar-refractivity contribution in [3.63, 3.8) is 0 Å². The third-order valence-corrected chi connectivity index (χ3v) is 1.58. The first-order chi connectivity index (χ1) is 6.95.